The highest BCUT2D eigenvalue weighted by Gasteiger charge is 2.24. The maximum atomic E-state index is 12.7. The number of benzene rings is 3. The van der Waals surface area contributed by atoms with Crippen molar-refractivity contribution in [3.05, 3.63) is 77.9 Å². The smallest absolute Gasteiger partial charge is 0.251 e. The average molecular weight is 432 g/mol. The molecule has 1 aliphatic heterocycles. The van der Waals surface area contributed by atoms with Crippen molar-refractivity contribution in [3.8, 4) is 5.75 Å². The molecule has 1 heterocycles. The quantitative estimate of drug-likeness (QED) is 0.517. The van der Waals surface area contributed by atoms with Gasteiger partial charge in [-0.15, -0.1) is 0 Å². The van der Waals surface area contributed by atoms with E-state index in [1.54, 1.807) is 0 Å². The van der Waals surface area contributed by atoms with Crippen molar-refractivity contribution in [1.29, 1.82) is 0 Å². The molecular formula is C27H33N3O2. The maximum absolute atomic E-state index is 12.7. The molecule has 3 aromatic carbocycles. The summed E-state index contributed by atoms with van der Waals surface area (Å²) in [7, 11) is 4.15. The number of carbonyl (C=O) groups is 1. The zero-order chi connectivity index (χ0) is 22.3. The lowest BCUT2D eigenvalue weighted by Crippen LogP contribution is -2.36. The van der Waals surface area contributed by atoms with Crippen molar-refractivity contribution in [3.63, 3.8) is 0 Å². The number of nitrogens with one attached hydrogen (secondary N) is 1. The second-order valence-corrected chi connectivity index (χ2v) is 8.91. The SMILES string of the molecule is CN(C)CCCOc1ccc(CN2CC[C@H](NC(=O)c3ccc4ccccc4c3)C2)cc1. The minimum Gasteiger partial charge on any atom is -0.494 e. The van der Waals surface area contributed by atoms with Gasteiger partial charge in [-0.05, 0) is 67.5 Å². The number of ether oxygens (including phenoxy) is 1. The number of rotatable bonds is 9. The second-order valence-electron chi connectivity index (χ2n) is 8.91. The number of amides is 1. The first-order valence-corrected chi connectivity index (χ1v) is 11.5. The summed E-state index contributed by atoms with van der Waals surface area (Å²) >= 11 is 0. The lowest BCUT2D eigenvalue weighted by molar-refractivity contribution is 0.0937. The summed E-state index contributed by atoms with van der Waals surface area (Å²) in [6.45, 7) is 4.53. The lowest BCUT2D eigenvalue weighted by atomic mass is 10.1. The van der Waals surface area contributed by atoms with Crippen LogP contribution in [0.5, 0.6) is 5.75 Å². The number of hydrogen-bond acceptors (Lipinski definition) is 4. The molecule has 0 aromatic heterocycles. The number of nitrogens with zero attached hydrogens (tertiary/aromatic N) is 2. The second kappa shape index (κ2) is 10.6. The maximum Gasteiger partial charge on any atom is 0.251 e. The summed E-state index contributed by atoms with van der Waals surface area (Å²) < 4.78 is 5.82. The van der Waals surface area contributed by atoms with E-state index < -0.39 is 0 Å². The van der Waals surface area contributed by atoms with Crippen LogP contribution in [0, 0.1) is 0 Å². The van der Waals surface area contributed by atoms with Crippen LogP contribution >= 0.6 is 0 Å². The van der Waals surface area contributed by atoms with Crippen LogP contribution in [0.2, 0.25) is 0 Å². The van der Waals surface area contributed by atoms with Crippen LogP contribution in [-0.4, -0.2) is 62.1 Å². The number of fused-ring (bicyclic) bond motifs is 1. The third-order valence-electron chi connectivity index (χ3n) is 5.97. The van der Waals surface area contributed by atoms with Gasteiger partial charge in [-0.1, -0.05) is 42.5 Å². The van der Waals surface area contributed by atoms with E-state index in [1.807, 2.05) is 36.4 Å². The number of likely N-dealkylation sites (tertiary alicyclic amines) is 1. The van der Waals surface area contributed by atoms with Gasteiger partial charge >= 0.3 is 0 Å². The molecule has 3 aromatic rings. The van der Waals surface area contributed by atoms with Gasteiger partial charge in [0, 0.05) is 37.8 Å². The molecule has 168 valence electrons. The van der Waals surface area contributed by atoms with Crippen LogP contribution in [-0.2, 0) is 6.54 Å². The van der Waals surface area contributed by atoms with Crippen LogP contribution in [0.15, 0.2) is 66.7 Å². The van der Waals surface area contributed by atoms with Crippen molar-refractivity contribution in [2.75, 3.05) is 40.3 Å². The monoisotopic (exact) mass is 431 g/mol. The van der Waals surface area contributed by atoms with Crippen LogP contribution < -0.4 is 10.1 Å². The zero-order valence-corrected chi connectivity index (χ0v) is 19.1. The molecule has 0 bridgehead atoms. The van der Waals surface area contributed by atoms with Gasteiger partial charge in [0.25, 0.3) is 5.91 Å². The van der Waals surface area contributed by atoms with E-state index in [0.717, 1.165) is 67.7 Å². The van der Waals surface area contributed by atoms with Crippen molar-refractivity contribution >= 4 is 16.7 Å². The Morgan fingerprint density at radius 1 is 1.06 bits per heavy atom. The molecule has 0 aliphatic carbocycles. The summed E-state index contributed by atoms with van der Waals surface area (Å²) in [5.41, 5.74) is 2.00. The summed E-state index contributed by atoms with van der Waals surface area (Å²) in [4.78, 5) is 17.3. The Balaban J connectivity index is 1.24. The summed E-state index contributed by atoms with van der Waals surface area (Å²) in [5, 5.41) is 5.47. The van der Waals surface area contributed by atoms with E-state index in [4.69, 9.17) is 4.74 Å². The molecule has 0 unspecified atom stereocenters. The van der Waals surface area contributed by atoms with Gasteiger partial charge < -0.3 is 15.0 Å². The molecule has 1 amide bonds. The fourth-order valence-electron chi connectivity index (χ4n) is 4.21. The first-order chi connectivity index (χ1) is 15.6. The average Bonchev–Trinajstić information content (AvgIpc) is 3.24. The van der Waals surface area contributed by atoms with Gasteiger partial charge in [0.15, 0.2) is 0 Å². The molecule has 5 heteroatoms. The predicted octanol–water partition coefficient (Wildman–Crippen LogP) is 4.17. The Kier molecular flexibility index (Phi) is 7.40. The van der Waals surface area contributed by atoms with Crippen molar-refractivity contribution in [2.24, 2.45) is 0 Å². The Labute approximate surface area is 191 Å². The van der Waals surface area contributed by atoms with E-state index in [9.17, 15) is 4.79 Å². The van der Waals surface area contributed by atoms with Gasteiger partial charge in [-0.2, -0.15) is 0 Å². The molecule has 0 saturated carbocycles. The van der Waals surface area contributed by atoms with Gasteiger partial charge in [0.05, 0.1) is 6.61 Å². The molecule has 1 atom stereocenters. The summed E-state index contributed by atoms with van der Waals surface area (Å²) in [6.07, 6.45) is 2.00. The minimum absolute atomic E-state index is 0.0124. The fourth-order valence-corrected chi connectivity index (χ4v) is 4.21. The number of carbonyl (C=O) groups excluding carboxylic acids is 1. The summed E-state index contributed by atoms with van der Waals surface area (Å²) in [6, 6.07) is 22.6. The normalized spacial score (nSPS) is 16.5. The Morgan fingerprint density at radius 3 is 2.62 bits per heavy atom. The molecule has 4 rings (SSSR count). The van der Waals surface area contributed by atoms with E-state index in [2.05, 4.69) is 59.5 Å². The zero-order valence-electron chi connectivity index (χ0n) is 19.1. The Morgan fingerprint density at radius 2 is 1.84 bits per heavy atom. The molecule has 1 aliphatic rings. The molecular weight excluding hydrogens is 398 g/mol. The third kappa shape index (κ3) is 6.09. The van der Waals surface area contributed by atoms with Crippen molar-refractivity contribution in [2.45, 2.75) is 25.4 Å². The molecule has 5 nitrogen and oxygen atoms in total. The van der Waals surface area contributed by atoms with Gasteiger partial charge in [0.2, 0.25) is 0 Å². The van der Waals surface area contributed by atoms with Crippen LogP contribution in [0.1, 0.15) is 28.8 Å². The molecule has 0 spiro atoms. The highest BCUT2D eigenvalue weighted by Crippen LogP contribution is 2.19. The van der Waals surface area contributed by atoms with Gasteiger partial charge in [-0.3, -0.25) is 9.69 Å². The first kappa shape index (κ1) is 22.3. The van der Waals surface area contributed by atoms with Crippen molar-refractivity contribution in [1.82, 2.24) is 15.1 Å². The third-order valence-corrected chi connectivity index (χ3v) is 5.97. The highest BCUT2D eigenvalue weighted by molar-refractivity contribution is 5.98. The largest absolute Gasteiger partial charge is 0.494 e. The van der Waals surface area contributed by atoms with Crippen LogP contribution in [0.4, 0.5) is 0 Å². The van der Waals surface area contributed by atoms with Crippen LogP contribution in [0.3, 0.4) is 0 Å². The predicted molar refractivity (Wildman–Crippen MR) is 130 cm³/mol. The standard InChI is InChI=1S/C27H33N3O2/c1-29(2)15-5-17-32-26-12-8-21(9-13-26)19-30-16-14-25(20-30)28-27(31)24-11-10-22-6-3-4-7-23(22)18-24/h3-4,6-13,18,25H,5,14-17,19-20H2,1-2H3,(H,28,31)/t25-/m0/s1. The van der Waals surface area contributed by atoms with E-state index in [-0.39, 0.29) is 11.9 Å². The van der Waals surface area contributed by atoms with Gasteiger partial charge in [0.1, 0.15) is 5.75 Å². The molecule has 1 saturated heterocycles. The van der Waals surface area contributed by atoms with Crippen LogP contribution in [0.25, 0.3) is 10.8 Å². The topological polar surface area (TPSA) is 44.8 Å². The molecule has 1 N–H and O–H groups in total. The number of hydrogen-bond donors (Lipinski definition) is 1. The summed E-state index contributed by atoms with van der Waals surface area (Å²) in [5.74, 6) is 0.938. The van der Waals surface area contributed by atoms with Crippen molar-refractivity contribution < 1.29 is 9.53 Å². The van der Waals surface area contributed by atoms with E-state index >= 15 is 0 Å². The van der Waals surface area contributed by atoms with Gasteiger partial charge in [-0.25, -0.2) is 0 Å². The minimum atomic E-state index is 0.0124. The fraction of sp³-hybridized carbons (Fsp3) is 0.370. The van der Waals surface area contributed by atoms with E-state index in [0.29, 0.717) is 0 Å². The molecule has 0 radical (unpaired) electrons. The highest BCUT2D eigenvalue weighted by atomic mass is 16.5. The Hall–Kier alpha value is -2.89. The lowest BCUT2D eigenvalue weighted by Gasteiger charge is -2.17. The Bertz CT molecular complexity index is 1030. The molecule has 1 fully saturated rings. The molecule has 32 heavy (non-hydrogen) atoms. The first-order valence-electron chi connectivity index (χ1n) is 11.5. The van der Waals surface area contributed by atoms with E-state index in [1.165, 1.54) is 5.56 Å².